The van der Waals surface area contributed by atoms with Gasteiger partial charge in [-0.25, -0.2) is 0 Å². The average Bonchev–Trinajstić information content (AvgIpc) is 2.76. The minimum atomic E-state index is -0.451. The molecule has 0 aliphatic carbocycles. The van der Waals surface area contributed by atoms with Crippen molar-refractivity contribution in [2.75, 3.05) is 14.2 Å². The van der Waals surface area contributed by atoms with Crippen LogP contribution in [-0.2, 0) is 11.2 Å². The Bertz CT molecular complexity index is 573. The second kappa shape index (κ2) is 5.96. The lowest BCUT2D eigenvalue weighted by molar-refractivity contribution is -0.118. The number of thioether (sulfide) groups is 1. The predicted octanol–water partition coefficient (Wildman–Crippen LogP) is 0.949. The molecule has 2 N–H and O–H groups in total. The third-order valence-corrected chi connectivity index (χ3v) is 3.91. The van der Waals surface area contributed by atoms with E-state index >= 15 is 0 Å². The lowest BCUT2D eigenvalue weighted by Gasteiger charge is -2.11. The van der Waals surface area contributed by atoms with Crippen LogP contribution in [0.25, 0.3) is 0 Å². The van der Waals surface area contributed by atoms with E-state index in [9.17, 15) is 14.4 Å². The minimum Gasteiger partial charge on any atom is -0.496 e. The van der Waals surface area contributed by atoms with E-state index in [0.29, 0.717) is 17.7 Å². The number of nitrogens with one attached hydrogen (secondary N) is 2. The number of rotatable bonds is 4. The van der Waals surface area contributed by atoms with Gasteiger partial charge in [0.2, 0.25) is 5.91 Å². The van der Waals surface area contributed by atoms with Gasteiger partial charge in [0.05, 0.1) is 17.9 Å². The van der Waals surface area contributed by atoms with Gasteiger partial charge < -0.3 is 10.1 Å². The summed E-state index contributed by atoms with van der Waals surface area (Å²) in [5.41, 5.74) is 1.20. The quantitative estimate of drug-likeness (QED) is 0.863. The SMILES string of the molecule is CNC(=O)c1cc(CC2SC(=O)NC2=O)ccc1OC. The van der Waals surface area contributed by atoms with Crippen LogP contribution in [-0.4, -0.2) is 36.5 Å². The Morgan fingerprint density at radius 1 is 1.45 bits per heavy atom. The Balaban J connectivity index is 2.23. The van der Waals surface area contributed by atoms with Gasteiger partial charge in [-0.05, 0) is 24.1 Å². The largest absolute Gasteiger partial charge is 0.496 e. The molecule has 1 aliphatic rings. The molecule has 0 saturated carbocycles. The normalized spacial score (nSPS) is 17.8. The van der Waals surface area contributed by atoms with Crippen molar-refractivity contribution in [3.63, 3.8) is 0 Å². The second-order valence-corrected chi connectivity index (χ2v) is 5.38. The number of amides is 3. The number of ether oxygens (including phenoxy) is 1. The molecule has 3 amide bonds. The van der Waals surface area contributed by atoms with Crippen molar-refractivity contribution < 1.29 is 19.1 Å². The van der Waals surface area contributed by atoms with Crippen molar-refractivity contribution in [2.45, 2.75) is 11.7 Å². The van der Waals surface area contributed by atoms with Gasteiger partial charge in [0.1, 0.15) is 5.75 Å². The molecule has 1 saturated heterocycles. The van der Waals surface area contributed by atoms with Gasteiger partial charge in [0.15, 0.2) is 0 Å². The highest BCUT2D eigenvalue weighted by Gasteiger charge is 2.31. The van der Waals surface area contributed by atoms with E-state index in [4.69, 9.17) is 4.74 Å². The summed E-state index contributed by atoms with van der Waals surface area (Å²) in [6.07, 6.45) is 0.385. The maximum absolute atomic E-state index is 11.8. The first-order valence-electron chi connectivity index (χ1n) is 5.95. The molecule has 1 aromatic rings. The molecule has 1 fully saturated rings. The fourth-order valence-electron chi connectivity index (χ4n) is 1.94. The molecule has 6 nitrogen and oxygen atoms in total. The van der Waals surface area contributed by atoms with Gasteiger partial charge in [-0.3, -0.25) is 19.7 Å². The number of hydrogen-bond acceptors (Lipinski definition) is 5. The molecule has 1 unspecified atom stereocenters. The summed E-state index contributed by atoms with van der Waals surface area (Å²) >= 11 is 0.967. The van der Waals surface area contributed by atoms with Crippen LogP contribution in [0.5, 0.6) is 5.75 Å². The van der Waals surface area contributed by atoms with Gasteiger partial charge in [0.25, 0.3) is 11.1 Å². The van der Waals surface area contributed by atoms with E-state index in [1.807, 2.05) is 0 Å². The molecule has 2 rings (SSSR count). The van der Waals surface area contributed by atoms with Crippen LogP contribution >= 0.6 is 11.8 Å². The Morgan fingerprint density at radius 3 is 2.75 bits per heavy atom. The first-order valence-corrected chi connectivity index (χ1v) is 6.83. The molecule has 1 aliphatic heterocycles. The molecule has 1 aromatic carbocycles. The second-order valence-electron chi connectivity index (χ2n) is 4.20. The van der Waals surface area contributed by atoms with Gasteiger partial charge in [-0.15, -0.1) is 0 Å². The zero-order valence-electron chi connectivity index (χ0n) is 11.1. The molecule has 0 spiro atoms. The highest BCUT2D eigenvalue weighted by molar-refractivity contribution is 8.15. The first kappa shape index (κ1) is 14.4. The number of carbonyl (C=O) groups excluding carboxylic acids is 3. The lowest BCUT2D eigenvalue weighted by atomic mass is 10.0. The van der Waals surface area contributed by atoms with Crippen LogP contribution < -0.4 is 15.4 Å². The summed E-state index contributed by atoms with van der Waals surface area (Å²) in [5, 5.41) is 3.99. The molecule has 106 valence electrons. The van der Waals surface area contributed by atoms with Crippen LogP contribution in [0, 0.1) is 0 Å². The zero-order chi connectivity index (χ0) is 14.7. The average molecular weight is 294 g/mol. The van der Waals surface area contributed by atoms with Gasteiger partial charge in [0, 0.05) is 7.05 Å². The topological polar surface area (TPSA) is 84.5 Å². The molecular formula is C13H14N2O4S. The summed E-state index contributed by atoms with van der Waals surface area (Å²) in [7, 11) is 3.02. The summed E-state index contributed by atoms with van der Waals surface area (Å²) in [4.78, 5) is 34.4. The minimum absolute atomic E-state index is 0.261. The number of benzene rings is 1. The fourth-order valence-corrected chi connectivity index (χ4v) is 2.80. The third-order valence-electron chi connectivity index (χ3n) is 2.92. The van der Waals surface area contributed by atoms with Crippen molar-refractivity contribution in [1.82, 2.24) is 10.6 Å². The monoisotopic (exact) mass is 294 g/mol. The Hall–Kier alpha value is -2.02. The Morgan fingerprint density at radius 2 is 2.20 bits per heavy atom. The fraction of sp³-hybridized carbons (Fsp3) is 0.308. The number of carbonyl (C=O) groups is 3. The van der Waals surface area contributed by atoms with Gasteiger partial charge in [-0.1, -0.05) is 17.8 Å². The summed E-state index contributed by atoms with van der Waals surface area (Å²) in [5.74, 6) is -0.0895. The van der Waals surface area contributed by atoms with E-state index in [1.54, 1.807) is 18.2 Å². The zero-order valence-corrected chi connectivity index (χ0v) is 11.9. The van der Waals surface area contributed by atoms with E-state index in [2.05, 4.69) is 10.6 Å². The predicted molar refractivity (Wildman–Crippen MR) is 75.0 cm³/mol. The van der Waals surface area contributed by atoms with Crippen LogP contribution in [0.1, 0.15) is 15.9 Å². The molecule has 0 aromatic heterocycles. The smallest absolute Gasteiger partial charge is 0.286 e. The highest BCUT2D eigenvalue weighted by Crippen LogP contribution is 2.26. The third kappa shape index (κ3) is 2.93. The molecule has 0 radical (unpaired) electrons. The molecule has 1 atom stereocenters. The highest BCUT2D eigenvalue weighted by atomic mass is 32.2. The standard InChI is InChI=1S/C13H14N2O4S/c1-14-11(16)8-5-7(3-4-9(8)19-2)6-10-12(17)15-13(18)20-10/h3-5,10H,6H2,1-2H3,(H,14,16)(H,15,17,18). The van der Waals surface area contributed by atoms with E-state index < -0.39 is 5.25 Å². The summed E-state index contributed by atoms with van der Waals surface area (Å²) < 4.78 is 5.13. The van der Waals surface area contributed by atoms with Crippen LogP contribution in [0.4, 0.5) is 4.79 Å². The molecule has 1 heterocycles. The molecule has 20 heavy (non-hydrogen) atoms. The molecule has 0 bridgehead atoms. The van der Waals surface area contributed by atoms with Gasteiger partial charge >= 0.3 is 0 Å². The number of imide groups is 1. The number of methoxy groups -OCH3 is 1. The van der Waals surface area contributed by atoms with Gasteiger partial charge in [-0.2, -0.15) is 0 Å². The van der Waals surface area contributed by atoms with Crippen LogP contribution in [0.2, 0.25) is 0 Å². The maximum atomic E-state index is 11.8. The first-order chi connectivity index (χ1) is 9.55. The van der Waals surface area contributed by atoms with Crippen LogP contribution in [0.3, 0.4) is 0 Å². The van der Waals surface area contributed by atoms with E-state index in [-0.39, 0.29) is 17.1 Å². The van der Waals surface area contributed by atoms with Crippen molar-refractivity contribution >= 4 is 28.8 Å². The van der Waals surface area contributed by atoms with Crippen molar-refractivity contribution in [3.8, 4) is 5.75 Å². The van der Waals surface area contributed by atoms with E-state index in [0.717, 1.165) is 17.3 Å². The van der Waals surface area contributed by atoms with E-state index in [1.165, 1.54) is 14.2 Å². The number of hydrogen-bond donors (Lipinski definition) is 2. The van der Waals surface area contributed by atoms with Crippen molar-refractivity contribution in [2.24, 2.45) is 0 Å². The lowest BCUT2D eigenvalue weighted by Crippen LogP contribution is -2.25. The summed E-state index contributed by atoms with van der Waals surface area (Å²) in [6, 6.07) is 5.13. The maximum Gasteiger partial charge on any atom is 0.286 e. The van der Waals surface area contributed by atoms with Crippen molar-refractivity contribution in [3.05, 3.63) is 29.3 Å². The Labute approximate surface area is 120 Å². The molecule has 7 heteroatoms. The summed E-state index contributed by atoms with van der Waals surface area (Å²) in [6.45, 7) is 0. The van der Waals surface area contributed by atoms with Crippen LogP contribution in [0.15, 0.2) is 18.2 Å². The van der Waals surface area contributed by atoms with Crippen molar-refractivity contribution in [1.29, 1.82) is 0 Å². The molecular weight excluding hydrogens is 280 g/mol. The Kier molecular flexibility index (Phi) is 4.29.